The monoisotopic (exact) mass is 375 g/mol. The largest absolute Gasteiger partial charge is 0.378 e. The predicted molar refractivity (Wildman–Crippen MR) is 95.6 cm³/mol. The van der Waals surface area contributed by atoms with Gasteiger partial charge in [-0.3, -0.25) is 4.79 Å². The summed E-state index contributed by atoms with van der Waals surface area (Å²) in [6.45, 7) is 0. The van der Waals surface area contributed by atoms with Gasteiger partial charge in [0.2, 0.25) is 0 Å². The number of rotatable bonds is 5. The SMILES string of the molecule is CN(C)c1ccc(/C=N\NC(=O)[C@H](O)c2ccc(Br)cc2)cc1. The highest BCUT2D eigenvalue weighted by atomic mass is 79.9. The zero-order chi connectivity index (χ0) is 16.8. The highest BCUT2D eigenvalue weighted by molar-refractivity contribution is 9.10. The molecule has 2 aromatic rings. The molecule has 0 aliphatic rings. The summed E-state index contributed by atoms with van der Waals surface area (Å²) in [6.07, 6.45) is 0.280. The Kier molecular flexibility index (Phi) is 5.90. The van der Waals surface area contributed by atoms with Crippen LogP contribution >= 0.6 is 15.9 Å². The molecule has 0 saturated heterocycles. The molecule has 0 radical (unpaired) electrons. The highest BCUT2D eigenvalue weighted by Gasteiger charge is 2.16. The first kappa shape index (κ1) is 17.2. The van der Waals surface area contributed by atoms with Crippen molar-refractivity contribution in [2.45, 2.75) is 6.10 Å². The number of amides is 1. The summed E-state index contributed by atoms with van der Waals surface area (Å²) in [6, 6.07) is 14.6. The van der Waals surface area contributed by atoms with E-state index < -0.39 is 12.0 Å². The van der Waals surface area contributed by atoms with Crippen LogP contribution in [0.1, 0.15) is 17.2 Å². The minimum Gasteiger partial charge on any atom is -0.378 e. The van der Waals surface area contributed by atoms with E-state index >= 15 is 0 Å². The third-order valence-corrected chi connectivity index (χ3v) is 3.76. The maximum atomic E-state index is 11.9. The summed E-state index contributed by atoms with van der Waals surface area (Å²) in [5.41, 5.74) is 4.79. The molecule has 0 spiro atoms. The van der Waals surface area contributed by atoms with Crippen LogP contribution in [0.2, 0.25) is 0 Å². The number of benzene rings is 2. The minimum absolute atomic E-state index is 0.510. The molecule has 23 heavy (non-hydrogen) atoms. The summed E-state index contributed by atoms with van der Waals surface area (Å²) in [5, 5.41) is 13.8. The Morgan fingerprint density at radius 3 is 2.35 bits per heavy atom. The van der Waals surface area contributed by atoms with Gasteiger partial charge in [-0.2, -0.15) is 5.10 Å². The van der Waals surface area contributed by atoms with Gasteiger partial charge >= 0.3 is 0 Å². The molecule has 6 heteroatoms. The lowest BCUT2D eigenvalue weighted by Gasteiger charge is -2.11. The van der Waals surface area contributed by atoms with E-state index in [1.165, 1.54) is 6.21 Å². The van der Waals surface area contributed by atoms with Crippen molar-refractivity contribution >= 4 is 33.7 Å². The second kappa shape index (κ2) is 7.89. The van der Waals surface area contributed by atoms with Gasteiger partial charge in [-0.1, -0.05) is 40.2 Å². The quantitative estimate of drug-likeness (QED) is 0.623. The molecule has 0 heterocycles. The lowest BCUT2D eigenvalue weighted by atomic mass is 10.1. The molecule has 0 bridgehead atoms. The van der Waals surface area contributed by atoms with Crippen LogP contribution in [0.3, 0.4) is 0 Å². The van der Waals surface area contributed by atoms with E-state index in [9.17, 15) is 9.90 Å². The maximum Gasteiger partial charge on any atom is 0.273 e. The van der Waals surface area contributed by atoms with Gasteiger partial charge in [-0.05, 0) is 35.4 Å². The Bertz CT molecular complexity index is 682. The lowest BCUT2D eigenvalue weighted by Crippen LogP contribution is -2.25. The van der Waals surface area contributed by atoms with Gasteiger partial charge in [-0.25, -0.2) is 5.43 Å². The van der Waals surface area contributed by atoms with Crippen LogP contribution in [0.15, 0.2) is 58.1 Å². The Hall–Kier alpha value is -2.18. The van der Waals surface area contributed by atoms with Crippen molar-refractivity contribution < 1.29 is 9.90 Å². The fraction of sp³-hybridized carbons (Fsp3) is 0.176. The zero-order valence-electron chi connectivity index (χ0n) is 12.9. The molecule has 2 N–H and O–H groups in total. The first-order valence-corrected chi connectivity index (χ1v) is 7.80. The summed E-state index contributed by atoms with van der Waals surface area (Å²) in [7, 11) is 3.93. The molecule has 1 amide bonds. The number of hydrazone groups is 1. The van der Waals surface area contributed by atoms with Gasteiger partial charge in [-0.15, -0.1) is 0 Å². The van der Waals surface area contributed by atoms with Gasteiger partial charge < -0.3 is 10.0 Å². The third-order valence-electron chi connectivity index (χ3n) is 3.23. The van der Waals surface area contributed by atoms with Gasteiger partial charge in [0.15, 0.2) is 6.10 Å². The van der Waals surface area contributed by atoms with Crippen LogP contribution in [0.25, 0.3) is 0 Å². The Morgan fingerprint density at radius 2 is 1.78 bits per heavy atom. The molecule has 0 unspecified atom stereocenters. The number of nitrogens with one attached hydrogen (secondary N) is 1. The minimum atomic E-state index is -1.25. The van der Waals surface area contributed by atoms with Gasteiger partial charge in [0.25, 0.3) is 5.91 Å². The highest BCUT2D eigenvalue weighted by Crippen LogP contribution is 2.17. The second-order valence-corrected chi connectivity index (χ2v) is 6.09. The molecule has 1 atom stereocenters. The maximum absolute atomic E-state index is 11.9. The van der Waals surface area contributed by atoms with Crippen LogP contribution in [0, 0.1) is 0 Å². The van der Waals surface area contributed by atoms with Crippen molar-refractivity contribution in [3.8, 4) is 0 Å². The van der Waals surface area contributed by atoms with Crippen molar-refractivity contribution in [3.63, 3.8) is 0 Å². The zero-order valence-corrected chi connectivity index (χ0v) is 14.5. The smallest absolute Gasteiger partial charge is 0.273 e. The van der Waals surface area contributed by atoms with Crippen LogP contribution in [-0.2, 0) is 4.79 Å². The van der Waals surface area contributed by atoms with Crippen molar-refractivity contribution in [2.75, 3.05) is 19.0 Å². The molecular formula is C17H18BrN3O2. The first-order chi connectivity index (χ1) is 11.0. The van der Waals surface area contributed by atoms with Crippen molar-refractivity contribution in [3.05, 3.63) is 64.1 Å². The summed E-state index contributed by atoms with van der Waals surface area (Å²) >= 11 is 3.30. The van der Waals surface area contributed by atoms with E-state index in [1.54, 1.807) is 24.3 Å². The number of hydrogen-bond acceptors (Lipinski definition) is 4. The Balaban J connectivity index is 1.93. The first-order valence-electron chi connectivity index (χ1n) is 7.01. The summed E-state index contributed by atoms with van der Waals surface area (Å²) in [4.78, 5) is 13.9. The predicted octanol–water partition coefficient (Wildman–Crippen LogP) is 2.70. The van der Waals surface area contributed by atoms with Crippen LogP contribution in [0.5, 0.6) is 0 Å². The molecule has 0 aliphatic carbocycles. The van der Waals surface area contributed by atoms with Gasteiger partial charge in [0.05, 0.1) is 6.21 Å². The fourth-order valence-corrected chi connectivity index (χ4v) is 2.15. The molecule has 2 rings (SSSR count). The topological polar surface area (TPSA) is 64.9 Å². The second-order valence-electron chi connectivity index (χ2n) is 5.17. The summed E-state index contributed by atoms with van der Waals surface area (Å²) < 4.78 is 0.882. The number of aliphatic hydroxyl groups excluding tert-OH is 1. The molecule has 5 nitrogen and oxygen atoms in total. The standard InChI is InChI=1S/C17H18BrN3O2/c1-21(2)15-9-3-12(4-10-15)11-19-20-17(23)16(22)13-5-7-14(18)8-6-13/h3-11,16,22H,1-2H3,(H,20,23)/b19-11-/t16-/m1/s1. The van der Waals surface area contributed by atoms with Crippen LogP contribution < -0.4 is 10.3 Å². The van der Waals surface area contributed by atoms with E-state index in [0.29, 0.717) is 5.56 Å². The van der Waals surface area contributed by atoms with E-state index in [0.717, 1.165) is 15.7 Å². The number of anilines is 1. The van der Waals surface area contributed by atoms with E-state index in [-0.39, 0.29) is 0 Å². The number of halogens is 1. The molecule has 0 aliphatic heterocycles. The number of carbonyl (C=O) groups is 1. The summed E-state index contributed by atoms with van der Waals surface area (Å²) in [5.74, 6) is -0.575. The third kappa shape index (κ3) is 4.91. The van der Waals surface area contributed by atoms with E-state index in [4.69, 9.17) is 0 Å². The Labute approximate surface area is 143 Å². The fourth-order valence-electron chi connectivity index (χ4n) is 1.89. The normalized spacial score (nSPS) is 12.2. The van der Waals surface area contributed by atoms with Crippen molar-refractivity contribution in [2.24, 2.45) is 5.10 Å². The number of carbonyl (C=O) groups excluding carboxylic acids is 1. The van der Waals surface area contributed by atoms with E-state index in [2.05, 4.69) is 26.5 Å². The van der Waals surface area contributed by atoms with Crippen LogP contribution in [0.4, 0.5) is 5.69 Å². The number of nitrogens with zero attached hydrogens (tertiary/aromatic N) is 2. The van der Waals surface area contributed by atoms with Crippen molar-refractivity contribution in [1.29, 1.82) is 0 Å². The van der Waals surface area contributed by atoms with Gasteiger partial charge in [0.1, 0.15) is 0 Å². The van der Waals surface area contributed by atoms with Gasteiger partial charge in [0, 0.05) is 24.3 Å². The average molecular weight is 376 g/mol. The molecular weight excluding hydrogens is 358 g/mol. The lowest BCUT2D eigenvalue weighted by molar-refractivity contribution is -0.129. The molecule has 0 saturated carbocycles. The number of aliphatic hydroxyl groups is 1. The molecule has 120 valence electrons. The van der Waals surface area contributed by atoms with E-state index in [1.807, 2.05) is 43.3 Å². The van der Waals surface area contributed by atoms with Crippen LogP contribution in [-0.4, -0.2) is 31.3 Å². The molecule has 2 aromatic carbocycles. The van der Waals surface area contributed by atoms with Crippen molar-refractivity contribution in [1.82, 2.24) is 5.43 Å². The Morgan fingerprint density at radius 1 is 1.17 bits per heavy atom. The molecule has 0 aromatic heterocycles. The molecule has 0 fully saturated rings. The average Bonchev–Trinajstić information content (AvgIpc) is 2.55. The number of hydrogen-bond donors (Lipinski definition) is 2.